The van der Waals surface area contributed by atoms with E-state index < -0.39 is 7.91 Å². The first-order chi connectivity index (χ1) is 2.00. The van der Waals surface area contributed by atoms with Crippen molar-refractivity contribution in [3.63, 3.8) is 0 Å². The second kappa shape index (κ2) is 4.76. The second-order valence-corrected chi connectivity index (χ2v) is 1.42. The molecule has 0 spiro atoms. The molecule has 0 saturated carbocycles. The third-order valence-electron chi connectivity index (χ3n) is 0. The molecule has 0 aromatic rings. The number of rotatable bonds is 0. The van der Waals surface area contributed by atoms with Gasteiger partial charge in [-0.05, 0) is 0 Å². The minimum Gasteiger partial charge on any atom is -1.00 e. The Morgan fingerprint density at radius 2 is 1.43 bits per heavy atom. The molecule has 0 aliphatic rings. The summed E-state index contributed by atoms with van der Waals surface area (Å²) in [6.07, 6.45) is 0. The Hall–Kier alpha value is 0.607. The normalized spacial score (nSPS) is 8.43. The standard InChI is InChI=1S/FH2O3P.FH.Li/c1-5(2,3)4;;/h(H2,2,3,4);1H;/q;;+1/p-1. The Bertz CT molecular complexity index is 59.1. The summed E-state index contributed by atoms with van der Waals surface area (Å²) in [4.78, 5) is 13.9. The maximum Gasteiger partial charge on any atom is 1.00 e. The predicted octanol–water partition coefficient (Wildman–Crippen LogP) is -5.94. The Balaban J connectivity index is -0.0000000800. The van der Waals surface area contributed by atoms with Crippen LogP contribution in [0.15, 0.2) is 0 Å². The SMILES string of the molecule is O=P(O)(O)F.[F-].[Li+]. The summed E-state index contributed by atoms with van der Waals surface area (Å²) in [6, 6.07) is 0. The van der Waals surface area contributed by atoms with Gasteiger partial charge in [0.2, 0.25) is 0 Å². The third-order valence-corrected chi connectivity index (χ3v) is 0. The largest absolute Gasteiger partial charge is 1.00 e. The summed E-state index contributed by atoms with van der Waals surface area (Å²) >= 11 is 0. The summed E-state index contributed by atoms with van der Waals surface area (Å²) in [5, 5.41) is 0. The van der Waals surface area contributed by atoms with Gasteiger partial charge < -0.3 is 4.70 Å². The Morgan fingerprint density at radius 3 is 1.43 bits per heavy atom. The van der Waals surface area contributed by atoms with E-state index in [-0.39, 0.29) is 23.6 Å². The zero-order valence-electron chi connectivity index (χ0n) is 3.51. The van der Waals surface area contributed by atoms with E-state index in [9.17, 15) is 4.20 Å². The summed E-state index contributed by atoms with van der Waals surface area (Å²) in [7, 11) is -5.14. The molecular formula is H2F2LiO3P. The fraction of sp³-hybridized carbons (Fsp3) is 0. The Morgan fingerprint density at radius 1 is 1.43 bits per heavy atom. The van der Waals surface area contributed by atoms with Crippen molar-refractivity contribution in [2.24, 2.45) is 0 Å². The first-order valence-corrected chi connectivity index (χ1v) is 2.25. The summed E-state index contributed by atoms with van der Waals surface area (Å²) in [5.74, 6) is 0. The molecule has 0 saturated heterocycles. The van der Waals surface area contributed by atoms with Crippen LogP contribution in [0.4, 0.5) is 4.20 Å². The third kappa shape index (κ3) is 380. The van der Waals surface area contributed by atoms with Gasteiger partial charge in [0, 0.05) is 0 Å². The minimum atomic E-state index is -5.14. The molecule has 0 bridgehead atoms. The van der Waals surface area contributed by atoms with Gasteiger partial charge in [0.15, 0.2) is 0 Å². The maximum atomic E-state index is 10.4. The van der Waals surface area contributed by atoms with E-state index >= 15 is 0 Å². The Kier molecular flexibility index (Phi) is 10.6. The fourth-order valence-electron chi connectivity index (χ4n) is 0. The van der Waals surface area contributed by atoms with Gasteiger partial charge >= 0.3 is 26.8 Å². The first-order valence-electron chi connectivity index (χ1n) is 0.752. The maximum absolute atomic E-state index is 10.4. The summed E-state index contributed by atoms with van der Waals surface area (Å²) in [6.45, 7) is 0. The molecule has 0 aromatic heterocycles. The molecule has 7 heteroatoms. The van der Waals surface area contributed by atoms with E-state index in [4.69, 9.17) is 14.4 Å². The van der Waals surface area contributed by atoms with Crippen LogP contribution in [0.5, 0.6) is 0 Å². The van der Waals surface area contributed by atoms with E-state index in [0.717, 1.165) is 0 Å². The molecule has 0 aromatic carbocycles. The van der Waals surface area contributed by atoms with Gasteiger partial charge in [-0.1, -0.05) is 0 Å². The van der Waals surface area contributed by atoms with Crippen LogP contribution in [-0.4, -0.2) is 9.79 Å². The van der Waals surface area contributed by atoms with Gasteiger partial charge in [-0.25, -0.2) is 4.57 Å². The summed E-state index contributed by atoms with van der Waals surface area (Å²) in [5.41, 5.74) is 0. The van der Waals surface area contributed by atoms with E-state index in [2.05, 4.69) is 0 Å². The van der Waals surface area contributed by atoms with Crippen molar-refractivity contribution in [2.75, 3.05) is 0 Å². The van der Waals surface area contributed by atoms with Crippen LogP contribution in [0.25, 0.3) is 0 Å². The molecule has 0 aliphatic heterocycles. The van der Waals surface area contributed by atoms with Crippen molar-refractivity contribution in [2.45, 2.75) is 0 Å². The number of hydrogen-bond acceptors (Lipinski definition) is 1. The van der Waals surface area contributed by atoms with Crippen molar-refractivity contribution in [3.8, 4) is 0 Å². The van der Waals surface area contributed by atoms with Crippen molar-refractivity contribution in [3.05, 3.63) is 0 Å². The Labute approximate surface area is 50.7 Å². The van der Waals surface area contributed by atoms with Crippen LogP contribution < -0.4 is 23.6 Å². The van der Waals surface area contributed by atoms with Crippen LogP contribution >= 0.6 is 7.91 Å². The second-order valence-electron chi connectivity index (χ2n) is 0.473. The summed E-state index contributed by atoms with van der Waals surface area (Å²) < 4.78 is 19.0. The molecule has 3 nitrogen and oxygen atoms in total. The molecule has 40 valence electrons. The quantitative estimate of drug-likeness (QED) is 0.251. The van der Waals surface area contributed by atoms with Gasteiger partial charge in [-0.2, -0.15) is 0 Å². The number of halogens is 2. The van der Waals surface area contributed by atoms with E-state index in [1.807, 2.05) is 0 Å². The van der Waals surface area contributed by atoms with Crippen LogP contribution in [0.1, 0.15) is 0 Å². The van der Waals surface area contributed by atoms with E-state index in [0.29, 0.717) is 0 Å². The van der Waals surface area contributed by atoms with Gasteiger partial charge in [0.1, 0.15) is 0 Å². The van der Waals surface area contributed by atoms with Crippen molar-refractivity contribution in [1.82, 2.24) is 0 Å². The monoisotopic (exact) mass is 126 g/mol. The molecule has 0 radical (unpaired) electrons. The average molecular weight is 126 g/mol. The molecule has 0 aliphatic carbocycles. The molecule has 0 amide bonds. The topological polar surface area (TPSA) is 57.5 Å². The predicted molar refractivity (Wildman–Crippen MR) is 13.2 cm³/mol. The van der Waals surface area contributed by atoms with Crippen LogP contribution in [0.3, 0.4) is 0 Å². The average Bonchev–Trinajstić information content (AvgIpc) is 0.722. The molecule has 0 rings (SSSR count). The van der Waals surface area contributed by atoms with Crippen LogP contribution in [0, 0.1) is 0 Å². The first kappa shape index (κ1) is 15.6. The van der Waals surface area contributed by atoms with Crippen molar-refractivity contribution >= 4 is 7.91 Å². The zero-order chi connectivity index (χ0) is 4.50. The van der Waals surface area contributed by atoms with Gasteiger partial charge in [-0.3, -0.25) is 9.79 Å². The molecule has 2 N–H and O–H groups in total. The van der Waals surface area contributed by atoms with Crippen LogP contribution in [-0.2, 0) is 4.57 Å². The zero-order valence-corrected chi connectivity index (χ0v) is 4.40. The number of hydrogen-bond donors (Lipinski definition) is 2. The van der Waals surface area contributed by atoms with Crippen molar-refractivity contribution in [1.29, 1.82) is 0 Å². The van der Waals surface area contributed by atoms with Gasteiger partial charge in [0.05, 0.1) is 0 Å². The van der Waals surface area contributed by atoms with E-state index in [1.165, 1.54) is 0 Å². The molecule has 0 atom stereocenters. The fourth-order valence-corrected chi connectivity index (χ4v) is 0. The molecule has 0 fully saturated rings. The van der Waals surface area contributed by atoms with Gasteiger partial charge in [-0.15, -0.1) is 4.20 Å². The van der Waals surface area contributed by atoms with E-state index in [1.54, 1.807) is 0 Å². The van der Waals surface area contributed by atoms with Crippen LogP contribution in [0.2, 0.25) is 0 Å². The molecule has 7 heavy (non-hydrogen) atoms. The minimum absolute atomic E-state index is 0. The smallest absolute Gasteiger partial charge is 1.00 e. The van der Waals surface area contributed by atoms with Crippen molar-refractivity contribution < 1.29 is 42.1 Å². The van der Waals surface area contributed by atoms with Gasteiger partial charge in [0.25, 0.3) is 0 Å². The molecular weight excluding hydrogens is 124 g/mol. The molecule has 0 unspecified atom stereocenters. The molecule has 0 heterocycles.